The van der Waals surface area contributed by atoms with Gasteiger partial charge >= 0.3 is 0 Å². The van der Waals surface area contributed by atoms with Crippen molar-refractivity contribution in [3.8, 4) is 16.8 Å². The zero-order chi connectivity index (χ0) is 32.3. The highest BCUT2D eigenvalue weighted by molar-refractivity contribution is 6.19. The van der Waals surface area contributed by atoms with E-state index in [0.29, 0.717) is 0 Å². The molecule has 0 radical (unpaired) electrons. The summed E-state index contributed by atoms with van der Waals surface area (Å²) < 4.78 is 8.64. The van der Waals surface area contributed by atoms with Gasteiger partial charge in [0.25, 0.3) is 0 Å². The Morgan fingerprint density at radius 2 is 1.02 bits per heavy atom. The summed E-state index contributed by atoms with van der Waals surface area (Å²) in [4.78, 5) is 2.34. The first-order valence-corrected chi connectivity index (χ1v) is 16.7. The molecule has 10 aromatic rings. The smallest absolute Gasteiger partial charge is 0.136 e. The van der Waals surface area contributed by atoms with Gasteiger partial charge in [0, 0.05) is 44.3 Å². The van der Waals surface area contributed by atoms with Crippen molar-refractivity contribution in [2.45, 2.75) is 0 Å². The van der Waals surface area contributed by atoms with Crippen LogP contribution in [-0.2, 0) is 0 Å². The summed E-state index contributed by atoms with van der Waals surface area (Å²) in [5.74, 6) is 0. The van der Waals surface area contributed by atoms with E-state index in [-0.39, 0.29) is 0 Å². The van der Waals surface area contributed by atoms with Crippen molar-refractivity contribution in [2.24, 2.45) is 0 Å². The van der Waals surface area contributed by atoms with Gasteiger partial charge in [-0.3, -0.25) is 0 Å². The lowest BCUT2D eigenvalue weighted by atomic mass is 10.00. The minimum Gasteiger partial charge on any atom is -0.456 e. The summed E-state index contributed by atoms with van der Waals surface area (Å²) in [5.41, 5.74) is 11.0. The Morgan fingerprint density at radius 1 is 0.388 bits per heavy atom. The van der Waals surface area contributed by atoms with Crippen molar-refractivity contribution < 1.29 is 4.42 Å². The molecule has 2 heterocycles. The fourth-order valence-corrected chi connectivity index (χ4v) is 7.51. The highest BCUT2D eigenvalue weighted by Gasteiger charge is 2.18. The summed E-state index contributed by atoms with van der Waals surface area (Å²) in [6.45, 7) is 0. The van der Waals surface area contributed by atoms with Gasteiger partial charge in [-0.15, -0.1) is 0 Å². The second-order valence-electron chi connectivity index (χ2n) is 12.6. The number of para-hydroxylation sites is 3. The molecule has 0 bridgehead atoms. The number of furan rings is 1. The van der Waals surface area contributed by atoms with Crippen LogP contribution in [0.1, 0.15) is 0 Å². The van der Waals surface area contributed by atoms with E-state index in [4.69, 9.17) is 4.42 Å². The molecule has 0 aliphatic carbocycles. The van der Waals surface area contributed by atoms with Gasteiger partial charge in [-0.2, -0.15) is 0 Å². The summed E-state index contributed by atoms with van der Waals surface area (Å²) in [6.07, 6.45) is 0. The third-order valence-corrected chi connectivity index (χ3v) is 9.76. The van der Waals surface area contributed by atoms with Crippen LogP contribution in [0, 0.1) is 0 Å². The van der Waals surface area contributed by atoms with E-state index in [2.05, 4.69) is 191 Å². The minimum atomic E-state index is 0.908. The summed E-state index contributed by atoms with van der Waals surface area (Å²) >= 11 is 0. The van der Waals surface area contributed by atoms with Gasteiger partial charge in [0.2, 0.25) is 0 Å². The zero-order valence-electron chi connectivity index (χ0n) is 26.6. The number of aromatic nitrogens is 1. The Morgan fingerprint density at radius 3 is 1.86 bits per heavy atom. The molecule has 10 rings (SSSR count). The molecule has 3 heteroatoms. The van der Waals surface area contributed by atoms with E-state index in [1.807, 2.05) is 0 Å². The van der Waals surface area contributed by atoms with E-state index in [9.17, 15) is 0 Å². The molecule has 49 heavy (non-hydrogen) atoms. The van der Waals surface area contributed by atoms with Crippen LogP contribution in [0.25, 0.3) is 71.3 Å². The maximum absolute atomic E-state index is 6.28. The molecule has 0 fully saturated rings. The Hall–Kier alpha value is -6.58. The zero-order valence-corrected chi connectivity index (χ0v) is 26.6. The predicted molar refractivity (Wildman–Crippen MR) is 206 cm³/mol. The Balaban J connectivity index is 1.09. The molecule has 0 saturated carbocycles. The van der Waals surface area contributed by atoms with E-state index < -0.39 is 0 Å². The highest BCUT2D eigenvalue weighted by Crippen LogP contribution is 2.41. The normalized spacial score (nSPS) is 11.7. The number of nitrogens with zero attached hydrogens (tertiary/aromatic N) is 2. The standard InChI is InChI=1S/C46H30N2O/c1-3-12-34(13-4-1)47(37-25-26-43-40(30-37)39-17-9-10-18-42(39)48(43)35-14-5-2-6-15-35)36-23-19-31(20-24-36)33-22-27-44-41(29-33)46-38-16-8-7-11-32(38)21-28-45(46)49-44/h1-30H. The van der Waals surface area contributed by atoms with Crippen LogP contribution >= 0.6 is 0 Å². The van der Waals surface area contributed by atoms with Crippen molar-refractivity contribution in [3.63, 3.8) is 0 Å². The molecule has 0 amide bonds. The van der Waals surface area contributed by atoms with Gasteiger partial charge in [-0.05, 0) is 101 Å². The number of hydrogen-bond donors (Lipinski definition) is 0. The van der Waals surface area contributed by atoms with Gasteiger partial charge in [-0.25, -0.2) is 0 Å². The van der Waals surface area contributed by atoms with Gasteiger partial charge in [0.15, 0.2) is 0 Å². The lowest BCUT2D eigenvalue weighted by Crippen LogP contribution is -2.09. The first-order chi connectivity index (χ1) is 24.3. The van der Waals surface area contributed by atoms with Crippen molar-refractivity contribution in [1.29, 1.82) is 0 Å². The number of fused-ring (bicyclic) bond motifs is 8. The van der Waals surface area contributed by atoms with Crippen LogP contribution in [0.5, 0.6) is 0 Å². The SMILES string of the molecule is c1ccc(N(c2ccc(-c3ccc4oc5ccc6ccccc6c5c4c3)cc2)c2ccc3c(c2)c2ccccc2n3-c2ccccc2)cc1. The average molecular weight is 627 g/mol. The maximum Gasteiger partial charge on any atom is 0.136 e. The van der Waals surface area contributed by atoms with Gasteiger partial charge in [-0.1, -0.05) is 103 Å². The van der Waals surface area contributed by atoms with E-state index in [1.165, 1.54) is 38.0 Å². The Bertz CT molecular complexity index is 2810. The first kappa shape index (κ1) is 27.5. The lowest BCUT2D eigenvalue weighted by Gasteiger charge is -2.26. The molecule has 0 aliphatic rings. The topological polar surface area (TPSA) is 21.3 Å². The van der Waals surface area contributed by atoms with Crippen molar-refractivity contribution in [2.75, 3.05) is 4.90 Å². The largest absolute Gasteiger partial charge is 0.456 e. The molecule has 3 nitrogen and oxygen atoms in total. The number of benzene rings is 8. The van der Waals surface area contributed by atoms with Crippen molar-refractivity contribution >= 4 is 71.6 Å². The van der Waals surface area contributed by atoms with Gasteiger partial charge in [0.1, 0.15) is 11.2 Å². The minimum absolute atomic E-state index is 0.908. The molecule has 8 aromatic carbocycles. The monoisotopic (exact) mass is 626 g/mol. The molecular formula is C46H30N2O. The van der Waals surface area contributed by atoms with E-state index in [1.54, 1.807) is 0 Å². The van der Waals surface area contributed by atoms with Crippen LogP contribution in [0.2, 0.25) is 0 Å². The van der Waals surface area contributed by atoms with Crippen LogP contribution in [0.4, 0.5) is 17.1 Å². The quantitative estimate of drug-likeness (QED) is 0.190. The fraction of sp³-hybridized carbons (Fsp3) is 0. The van der Waals surface area contributed by atoms with Gasteiger partial charge in [0.05, 0.1) is 11.0 Å². The summed E-state index contributed by atoms with van der Waals surface area (Å²) in [7, 11) is 0. The van der Waals surface area contributed by atoms with Crippen molar-refractivity contribution in [3.05, 3.63) is 182 Å². The summed E-state index contributed by atoms with van der Waals surface area (Å²) in [5, 5.41) is 7.21. The fourth-order valence-electron chi connectivity index (χ4n) is 7.51. The second-order valence-corrected chi connectivity index (χ2v) is 12.6. The average Bonchev–Trinajstić information content (AvgIpc) is 3.71. The van der Waals surface area contributed by atoms with Gasteiger partial charge < -0.3 is 13.9 Å². The molecule has 0 saturated heterocycles. The molecule has 0 N–H and O–H groups in total. The van der Waals surface area contributed by atoms with Crippen LogP contribution in [0.3, 0.4) is 0 Å². The second kappa shape index (κ2) is 11.0. The Kier molecular flexibility index (Phi) is 6.18. The molecule has 0 aliphatic heterocycles. The third kappa shape index (κ3) is 4.44. The molecule has 0 atom stereocenters. The first-order valence-electron chi connectivity index (χ1n) is 16.7. The van der Waals surface area contributed by atoms with Crippen LogP contribution in [0.15, 0.2) is 186 Å². The number of anilines is 3. The third-order valence-electron chi connectivity index (χ3n) is 9.76. The predicted octanol–water partition coefficient (Wildman–Crippen LogP) is 13.0. The Labute approximate surface area is 283 Å². The van der Waals surface area contributed by atoms with Crippen LogP contribution in [-0.4, -0.2) is 4.57 Å². The highest BCUT2D eigenvalue weighted by atomic mass is 16.3. The number of rotatable bonds is 5. The molecule has 0 unspecified atom stereocenters. The van der Waals surface area contributed by atoms with Crippen molar-refractivity contribution in [1.82, 2.24) is 4.57 Å². The molecule has 2 aromatic heterocycles. The molecule has 230 valence electrons. The maximum atomic E-state index is 6.28. The molecule has 0 spiro atoms. The molecular weight excluding hydrogens is 597 g/mol. The summed E-state index contributed by atoms with van der Waals surface area (Å²) in [6, 6.07) is 65.0. The number of hydrogen-bond acceptors (Lipinski definition) is 2. The van der Waals surface area contributed by atoms with E-state index in [0.717, 1.165) is 50.4 Å². The van der Waals surface area contributed by atoms with Crippen LogP contribution < -0.4 is 4.90 Å². The lowest BCUT2D eigenvalue weighted by molar-refractivity contribution is 0.669. The van der Waals surface area contributed by atoms with E-state index >= 15 is 0 Å².